The number of halogens is 3. The Morgan fingerprint density at radius 2 is 1.81 bits per heavy atom. The van der Waals surface area contributed by atoms with Gasteiger partial charge in [-0.05, 0) is 49.3 Å². The average Bonchev–Trinajstić information content (AvgIpc) is 3.09. The molecule has 0 saturated heterocycles. The highest BCUT2D eigenvalue weighted by Gasteiger charge is 2.31. The summed E-state index contributed by atoms with van der Waals surface area (Å²) in [5, 5.41) is 9.77. The first-order chi connectivity index (χ1) is 12.9. The van der Waals surface area contributed by atoms with Crippen LogP contribution in [0, 0.1) is 0 Å². The number of aromatic nitrogens is 3. The Labute approximate surface area is 152 Å². The number of hydrogen-bond donors (Lipinski definition) is 1. The third-order valence-electron chi connectivity index (χ3n) is 4.44. The number of alkyl halides is 3. The minimum absolute atomic E-state index is 0.0693. The number of benzene rings is 1. The summed E-state index contributed by atoms with van der Waals surface area (Å²) in [5.74, 6) is -0.504. The van der Waals surface area contributed by atoms with E-state index in [1.165, 1.54) is 19.2 Å². The predicted octanol–water partition coefficient (Wildman–Crippen LogP) is 3.60. The lowest BCUT2D eigenvalue weighted by molar-refractivity contribution is -0.274. The Morgan fingerprint density at radius 3 is 2.41 bits per heavy atom. The quantitative estimate of drug-likeness (QED) is 0.792. The molecule has 1 N–H and O–H groups in total. The predicted molar refractivity (Wildman–Crippen MR) is 86.5 cm³/mol. The highest BCUT2D eigenvalue weighted by atomic mass is 19.4. The van der Waals surface area contributed by atoms with E-state index in [1.807, 2.05) is 0 Å². The van der Waals surface area contributed by atoms with Gasteiger partial charge in [0.15, 0.2) is 0 Å². The van der Waals surface area contributed by atoms with Gasteiger partial charge in [0.25, 0.3) is 5.88 Å². The lowest BCUT2D eigenvalue weighted by Crippen LogP contribution is -2.24. The van der Waals surface area contributed by atoms with Crippen LogP contribution in [0.4, 0.5) is 13.2 Å². The summed E-state index contributed by atoms with van der Waals surface area (Å²) in [7, 11) is 1.25. The molecule has 0 spiro atoms. The lowest BCUT2D eigenvalue weighted by atomic mass is 9.83. The number of rotatable bonds is 5. The molecule has 7 nitrogen and oxygen atoms in total. The summed E-state index contributed by atoms with van der Waals surface area (Å²) in [6, 6.07) is 5.95. The van der Waals surface area contributed by atoms with Crippen molar-refractivity contribution in [2.45, 2.75) is 44.1 Å². The van der Waals surface area contributed by atoms with Crippen LogP contribution in [-0.2, 0) is 4.74 Å². The summed E-state index contributed by atoms with van der Waals surface area (Å²) < 4.78 is 50.9. The fourth-order valence-corrected chi connectivity index (χ4v) is 3.15. The smallest absolute Gasteiger partial charge is 0.472 e. The highest BCUT2D eigenvalue weighted by molar-refractivity contribution is 5.89. The molecule has 1 saturated carbocycles. The van der Waals surface area contributed by atoms with Gasteiger partial charge in [-0.2, -0.15) is 0 Å². The number of hydrogen-bond acceptors (Lipinski definition) is 6. The first-order valence-electron chi connectivity index (χ1n) is 8.37. The van der Waals surface area contributed by atoms with Crippen LogP contribution in [0.25, 0.3) is 0 Å². The summed E-state index contributed by atoms with van der Waals surface area (Å²) in [5.41, 5.74) is 1.03. The zero-order chi connectivity index (χ0) is 19.4. The van der Waals surface area contributed by atoms with E-state index in [9.17, 15) is 18.0 Å². The van der Waals surface area contributed by atoms with Crippen molar-refractivity contribution in [2.75, 3.05) is 7.11 Å². The van der Waals surface area contributed by atoms with Crippen molar-refractivity contribution in [1.82, 2.24) is 15.4 Å². The third kappa shape index (κ3) is 4.89. The minimum atomic E-state index is -4.69. The van der Waals surface area contributed by atoms with Crippen LogP contribution in [0.5, 0.6) is 11.6 Å². The summed E-state index contributed by atoms with van der Waals surface area (Å²) in [6.07, 6.45) is -1.77. The number of nitrogens with one attached hydrogen (secondary N) is 1. The molecule has 0 amide bonds. The fourth-order valence-electron chi connectivity index (χ4n) is 3.15. The van der Waals surface area contributed by atoms with E-state index in [0.29, 0.717) is 0 Å². The molecule has 1 fully saturated rings. The molecule has 3 rings (SSSR count). The van der Waals surface area contributed by atoms with Crippen molar-refractivity contribution < 1.29 is 32.2 Å². The molecule has 0 aliphatic heterocycles. The van der Waals surface area contributed by atoms with Crippen molar-refractivity contribution in [3.8, 4) is 11.6 Å². The lowest BCUT2D eigenvalue weighted by Gasteiger charge is -2.28. The van der Waals surface area contributed by atoms with E-state index in [-0.39, 0.29) is 29.3 Å². The van der Waals surface area contributed by atoms with E-state index in [1.54, 1.807) is 12.1 Å². The number of esters is 1. The number of methoxy groups -OCH3 is 1. The molecular weight excluding hydrogens is 367 g/mol. The average molecular weight is 385 g/mol. The molecule has 0 atom stereocenters. The maximum absolute atomic E-state index is 12.2. The molecule has 2 aromatic rings. The molecule has 1 aromatic heterocycles. The molecule has 0 radical (unpaired) electrons. The molecule has 146 valence electrons. The van der Waals surface area contributed by atoms with Gasteiger partial charge in [-0.15, -0.1) is 13.2 Å². The Kier molecular flexibility index (Phi) is 5.52. The number of nitrogens with zero attached hydrogens (tertiary/aromatic N) is 2. The standard InChI is InChI=1S/C17H18F3N3O4/c1-25-16(24)14-15(22-23-21-14)26-12-6-2-10(3-7-12)11-4-8-13(9-5-11)27-17(18,19)20/h4-5,8-10,12H,2-3,6-7H2,1H3,(H,21,22,23)/t10-,12-. The van der Waals surface area contributed by atoms with Gasteiger partial charge in [0, 0.05) is 0 Å². The maximum Gasteiger partial charge on any atom is 0.573 e. The van der Waals surface area contributed by atoms with Crippen LogP contribution in [0.2, 0.25) is 0 Å². The first kappa shape index (κ1) is 19.0. The summed E-state index contributed by atoms with van der Waals surface area (Å²) in [4.78, 5) is 11.6. The molecule has 1 aromatic carbocycles. The van der Waals surface area contributed by atoms with Crippen LogP contribution < -0.4 is 9.47 Å². The SMILES string of the molecule is COC(=O)c1[nH]nnc1O[C@H]1CC[C@H](c2ccc(OC(F)(F)F)cc2)CC1. The van der Waals surface area contributed by atoms with Crippen LogP contribution in [0.15, 0.2) is 24.3 Å². The highest BCUT2D eigenvalue weighted by Crippen LogP contribution is 2.35. The Balaban J connectivity index is 1.55. The maximum atomic E-state index is 12.2. The minimum Gasteiger partial charge on any atom is -0.472 e. The van der Waals surface area contributed by atoms with Crippen LogP contribution in [0.1, 0.15) is 47.7 Å². The van der Waals surface area contributed by atoms with Crippen molar-refractivity contribution in [3.05, 3.63) is 35.5 Å². The van der Waals surface area contributed by atoms with E-state index in [0.717, 1.165) is 31.2 Å². The molecular formula is C17H18F3N3O4. The number of H-pyrrole nitrogens is 1. The van der Waals surface area contributed by atoms with E-state index in [4.69, 9.17) is 4.74 Å². The topological polar surface area (TPSA) is 86.3 Å². The molecule has 0 unspecified atom stereocenters. The number of aromatic amines is 1. The molecule has 10 heteroatoms. The van der Waals surface area contributed by atoms with Crippen molar-refractivity contribution in [2.24, 2.45) is 0 Å². The normalized spacial score (nSPS) is 20.1. The first-order valence-corrected chi connectivity index (χ1v) is 8.37. The van der Waals surface area contributed by atoms with Gasteiger partial charge < -0.3 is 14.2 Å². The Morgan fingerprint density at radius 1 is 1.15 bits per heavy atom. The second kappa shape index (κ2) is 7.85. The van der Waals surface area contributed by atoms with Gasteiger partial charge in [0.05, 0.1) is 7.11 Å². The van der Waals surface area contributed by atoms with E-state index >= 15 is 0 Å². The monoisotopic (exact) mass is 385 g/mol. The van der Waals surface area contributed by atoms with Gasteiger partial charge in [-0.3, -0.25) is 0 Å². The molecule has 1 aliphatic rings. The zero-order valence-electron chi connectivity index (χ0n) is 14.5. The third-order valence-corrected chi connectivity index (χ3v) is 4.44. The molecule has 1 aliphatic carbocycles. The van der Waals surface area contributed by atoms with Crippen LogP contribution in [-0.4, -0.2) is 41.0 Å². The van der Waals surface area contributed by atoms with Gasteiger partial charge in [-0.25, -0.2) is 9.89 Å². The Bertz CT molecular complexity index is 768. The second-order valence-corrected chi connectivity index (χ2v) is 6.19. The fraction of sp³-hybridized carbons (Fsp3) is 0.471. The van der Waals surface area contributed by atoms with E-state index < -0.39 is 12.3 Å². The second-order valence-electron chi connectivity index (χ2n) is 6.19. The number of carbonyl (C=O) groups is 1. The summed E-state index contributed by atoms with van der Waals surface area (Å²) in [6.45, 7) is 0. The number of carbonyl (C=O) groups excluding carboxylic acids is 1. The van der Waals surface area contributed by atoms with Gasteiger partial charge >= 0.3 is 12.3 Å². The van der Waals surface area contributed by atoms with Crippen molar-refractivity contribution >= 4 is 5.97 Å². The van der Waals surface area contributed by atoms with Crippen molar-refractivity contribution in [1.29, 1.82) is 0 Å². The van der Waals surface area contributed by atoms with E-state index in [2.05, 4.69) is 24.9 Å². The largest absolute Gasteiger partial charge is 0.573 e. The number of ether oxygens (including phenoxy) is 3. The van der Waals surface area contributed by atoms with Gasteiger partial charge in [0.1, 0.15) is 11.9 Å². The molecule has 27 heavy (non-hydrogen) atoms. The van der Waals surface area contributed by atoms with Gasteiger partial charge in [0.2, 0.25) is 5.69 Å². The summed E-state index contributed by atoms with van der Waals surface area (Å²) >= 11 is 0. The van der Waals surface area contributed by atoms with Crippen LogP contribution >= 0.6 is 0 Å². The van der Waals surface area contributed by atoms with Gasteiger partial charge in [-0.1, -0.05) is 22.4 Å². The molecule has 0 bridgehead atoms. The van der Waals surface area contributed by atoms with Crippen molar-refractivity contribution in [3.63, 3.8) is 0 Å². The molecule has 1 heterocycles. The Hall–Kier alpha value is -2.78. The van der Waals surface area contributed by atoms with Crippen LogP contribution in [0.3, 0.4) is 0 Å². The zero-order valence-corrected chi connectivity index (χ0v) is 14.5.